The van der Waals surface area contributed by atoms with Crippen molar-refractivity contribution in [1.29, 1.82) is 5.26 Å². The van der Waals surface area contributed by atoms with E-state index < -0.39 is 5.82 Å². The van der Waals surface area contributed by atoms with Crippen LogP contribution in [0.5, 0.6) is 0 Å². The fourth-order valence-electron chi connectivity index (χ4n) is 3.19. The Morgan fingerprint density at radius 2 is 2.17 bits per heavy atom. The van der Waals surface area contributed by atoms with E-state index in [1.54, 1.807) is 18.2 Å². The van der Waals surface area contributed by atoms with Crippen LogP contribution in [-0.4, -0.2) is 17.9 Å². The maximum absolute atomic E-state index is 15.0. The first-order chi connectivity index (χ1) is 11.0. The predicted octanol–water partition coefficient (Wildman–Crippen LogP) is 3.56. The summed E-state index contributed by atoms with van der Waals surface area (Å²) in [5.74, 6) is -0.702. The minimum Gasteiger partial charge on any atom is -0.355 e. The molecule has 0 bridgehead atoms. The first-order valence-electron chi connectivity index (χ1n) is 7.42. The number of halogens is 1. The number of fused-ring (bicyclic) bond motifs is 3. The molecule has 0 spiro atoms. The van der Waals surface area contributed by atoms with Gasteiger partial charge in [0, 0.05) is 34.5 Å². The average Bonchev–Trinajstić information content (AvgIpc) is 2.96. The topological polar surface area (TPSA) is 68.7 Å². The summed E-state index contributed by atoms with van der Waals surface area (Å²) in [6.45, 7) is 3.64. The van der Waals surface area contributed by atoms with E-state index in [1.807, 2.05) is 13.8 Å². The highest BCUT2D eigenvalue weighted by Crippen LogP contribution is 2.35. The number of hydrogen-bond acceptors (Lipinski definition) is 2. The molecule has 4 nitrogen and oxygen atoms in total. The smallest absolute Gasteiger partial charge is 0.251 e. The summed E-state index contributed by atoms with van der Waals surface area (Å²) in [6, 6.07) is 7.26. The minimum atomic E-state index is -0.401. The van der Waals surface area contributed by atoms with Gasteiger partial charge in [-0.15, -0.1) is 0 Å². The third-order valence-corrected chi connectivity index (χ3v) is 4.27. The van der Waals surface area contributed by atoms with Crippen LogP contribution in [-0.2, 0) is 6.42 Å². The van der Waals surface area contributed by atoms with E-state index in [9.17, 15) is 9.18 Å². The fourth-order valence-corrected chi connectivity index (χ4v) is 3.19. The number of aromatic amines is 1. The number of carbonyl (C=O) groups excluding carboxylic acids is 1. The molecule has 2 aromatic carbocycles. The monoisotopic (exact) mass is 309 g/mol. The summed E-state index contributed by atoms with van der Waals surface area (Å²) in [5, 5.41) is 13.1. The maximum Gasteiger partial charge on any atom is 0.251 e. The normalized spacial score (nSPS) is 10.9. The summed E-state index contributed by atoms with van der Waals surface area (Å²) in [6.07, 6.45) is 0.421. The Labute approximate surface area is 132 Å². The van der Waals surface area contributed by atoms with Crippen molar-refractivity contribution in [3.8, 4) is 6.07 Å². The Kier molecular flexibility index (Phi) is 3.53. The molecule has 1 heterocycles. The van der Waals surface area contributed by atoms with Crippen LogP contribution in [0.2, 0.25) is 0 Å². The molecule has 0 fully saturated rings. The van der Waals surface area contributed by atoms with E-state index >= 15 is 0 Å². The van der Waals surface area contributed by atoms with Crippen LogP contribution in [0.3, 0.4) is 0 Å². The molecule has 3 rings (SSSR count). The van der Waals surface area contributed by atoms with Gasteiger partial charge < -0.3 is 10.3 Å². The van der Waals surface area contributed by atoms with Gasteiger partial charge in [0.05, 0.1) is 17.1 Å². The van der Waals surface area contributed by atoms with Crippen LogP contribution in [0.25, 0.3) is 21.8 Å². The molecule has 0 atom stereocenters. The van der Waals surface area contributed by atoms with E-state index in [0.717, 1.165) is 16.5 Å². The lowest BCUT2D eigenvalue weighted by atomic mass is 9.93. The Bertz CT molecular complexity index is 995. The first-order valence-corrected chi connectivity index (χ1v) is 7.42. The predicted molar refractivity (Wildman–Crippen MR) is 88.0 cm³/mol. The van der Waals surface area contributed by atoms with Crippen molar-refractivity contribution >= 4 is 27.7 Å². The molecular weight excluding hydrogens is 293 g/mol. The van der Waals surface area contributed by atoms with Gasteiger partial charge in [-0.3, -0.25) is 4.79 Å². The molecule has 23 heavy (non-hydrogen) atoms. The van der Waals surface area contributed by atoms with Crippen LogP contribution in [0.1, 0.15) is 34.0 Å². The first kappa shape index (κ1) is 15.0. The van der Waals surface area contributed by atoms with Crippen LogP contribution < -0.4 is 5.32 Å². The summed E-state index contributed by atoms with van der Waals surface area (Å²) < 4.78 is 15.0. The number of hydrogen-bond donors (Lipinski definition) is 2. The van der Waals surface area contributed by atoms with E-state index in [4.69, 9.17) is 5.26 Å². The van der Waals surface area contributed by atoms with Gasteiger partial charge in [0.25, 0.3) is 5.91 Å². The Balaban J connectivity index is 2.55. The molecule has 0 aliphatic carbocycles. The Morgan fingerprint density at radius 1 is 1.43 bits per heavy atom. The third kappa shape index (κ3) is 2.07. The molecule has 0 saturated carbocycles. The van der Waals surface area contributed by atoms with Crippen LogP contribution in [0.15, 0.2) is 18.2 Å². The van der Waals surface area contributed by atoms with Crippen molar-refractivity contribution in [1.82, 2.24) is 10.3 Å². The quantitative estimate of drug-likeness (QED) is 0.760. The lowest BCUT2D eigenvalue weighted by Crippen LogP contribution is -2.21. The molecule has 0 unspecified atom stereocenters. The van der Waals surface area contributed by atoms with Gasteiger partial charge in [-0.1, -0.05) is 6.92 Å². The van der Waals surface area contributed by atoms with Crippen LogP contribution in [0.4, 0.5) is 4.39 Å². The fraction of sp³-hybridized carbons (Fsp3) is 0.222. The average molecular weight is 309 g/mol. The third-order valence-electron chi connectivity index (χ3n) is 4.27. The maximum atomic E-state index is 15.0. The summed E-state index contributed by atoms with van der Waals surface area (Å²) in [5.41, 5.74) is 3.14. The molecule has 0 aliphatic rings. The molecule has 116 valence electrons. The van der Waals surface area contributed by atoms with Gasteiger partial charge in [-0.2, -0.15) is 5.26 Å². The number of nitrogens with one attached hydrogen (secondary N) is 2. The van der Waals surface area contributed by atoms with E-state index in [1.165, 1.54) is 7.05 Å². The van der Waals surface area contributed by atoms with Crippen molar-refractivity contribution in [3.63, 3.8) is 0 Å². The minimum absolute atomic E-state index is 0.300. The van der Waals surface area contributed by atoms with Crippen LogP contribution >= 0.6 is 0 Å². The lowest BCUT2D eigenvalue weighted by molar-refractivity contribution is 0.0961. The second-order valence-corrected chi connectivity index (χ2v) is 5.47. The number of carbonyl (C=O) groups is 1. The van der Waals surface area contributed by atoms with E-state index in [0.29, 0.717) is 34.0 Å². The molecular formula is C18H16FN3O. The van der Waals surface area contributed by atoms with Gasteiger partial charge in [0.1, 0.15) is 0 Å². The van der Waals surface area contributed by atoms with Gasteiger partial charge in [-0.05, 0) is 37.1 Å². The summed E-state index contributed by atoms with van der Waals surface area (Å²) >= 11 is 0. The molecule has 1 aromatic heterocycles. The number of rotatable bonds is 2. The number of H-pyrrole nitrogens is 1. The van der Waals surface area contributed by atoms with E-state index in [2.05, 4.69) is 16.4 Å². The van der Waals surface area contributed by atoms with Gasteiger partial charge >= 0.3 is 0 Å². The van der Waals surface area contributed by atoms with Crippen molar-refractivity contribution < 1.29 is 9.18 Å². The second-order valence-electron chi connectivity index (χ2n) is 5.47. The molecule has 0 aliphatic heterocycles. The van der Waals surface area contributed by atoms with Crippen molar-refractivity contribution in [2.75, 3.05) is 7.05 Å². The highest BCUT2D eigenvalue weighted by Gasteiger charge is 2.23. The standard InChI is InChI=1S/C18H16FN3O/c1-4-11-15(18(23)21-3)9(2)14-12-7-10(8-20)5-6-13(12)22-17(14)16(11)19/h5-7,22H,4H2,1-3H3,(H,21,23). The summed E-state index contributed by atoms with van der Waals surface area (Å²) in [7, 11) is 1.53. The zero-order chi connectivity index (χ0) is 16.7. The lowest BCUT2D eigenvalue weighted by Gasteiger charge is -2.13. The molecule has 3 aromatic rings. The molecule has 0 radical (unpaired) electrons. The number of nitrogens with zero attached hydrogens (tertiary/aromatic N) is 1. The largest absolute Gasteiger partial charge is 0.355 e. The summed E-state index contributed by atoms with van der Waals surface area (Å²) in [4.78, 5) is 15.3. The molecule has 5 heteroatoms. The zero-order valence-electron chi connectivity index (χ0n) is 13.2. The number of amides is 1. The highest BCUT2D eigenvalue weighted by atomic mass is 19.1. The van der Waals surface area contributed by atoms with Crippen molar-refractivity contribution in [3.05, 3.63) is 46.3 Å². The number of benzene rings is 2. The molecule has 1 amide bonds. The highest BCUT2D eigenvalue weighted by molar-refractivity contribution is 6.13. The van der Waals surface area contributed by atoms with Gasteiger partial charge in [0.2, 0.25) is 0 Å². The zero-order valence-corrected chi connectivity index (χ0v) is 13.2. The van der Waals surface area contributed by atoms with Crippen molar-refractivity contribution in [2.45, 2.75) is 20.3 Å². The second kappa shape index (κ2) is 5.40. The van der Waals surface area contributed by atoms with Crippen LogP contribution in [0, 0.1) is 24.1 Å². The Hall–Kier alpha value is -2.87. The number of aromatic nitrogens is 1. The molecule has 0 saturated heterocycles. The molecule has 2 N–H and O–H groups in total. The Morgan fingerprint density at radius 3 is 2.78 bits per heavy atom. The number of aryl methyl sites for hydroxylation is 1. The van der Waals surface area contributed by atoms with E-state index in [-0.39, 0.29) is 5.91 Å². The van der Waals surface area contributed by atoms with Gasteiger partial charge in [-0.25, -0.2) is 4.39 Å². The number of nitriles is 1. The SMILES string of the molecule is CCc1c(C(=O)NC)c(C)c2c([nH]c3ccc(C#N)cc32)c1F. The van der Waals surface area contributed by atoms with Gasteiger partial charge in [0.15, 0.2) is 5.82 Å². The van der Waals surface area contributed by atoms with Crippen molar-refractivity contribution in [2.24, 2.45) is 0 Å².